The molecule has 4 unspecified atom stereocenters. The van der Waals surface area contributed by atoms with E-state index < -0.39 is 47.9 Å². The molecule has 1 fully saturated rings. The molecule has 2 rings (SSSR count). The molecule has 0 spiro atoms. The highest BCUT2D eigenvalue weighted by Crippen LogP contribution is 2.20. The number of carbonyl (C=O) groups is 4. The van der Waals surface area contributed by atoms with E-state index in [4.69, 9.17) is 5.73 Å². The lowest BCUT2D eigenvalue weighted by Crippen LogP contribution is -2.58. The van der Waals surface area contributed by atoms with E-state index >= 15 is 0 Å². The van der Waals surface area contributed by atoms with Gasteiger partial charge in [-0.05, 0) is 37.5 Å². The molecule has 190 valence electrons. The Hall–Kier alpha value is -2.95. The Morgan fingerprint density at radius 2 is 1.76 bits per heavy atom. The molecule has 1 saturated heterocycles. The molecule has 0 aromatic carbocycles. The predicted octanol–water partition coefficient (Wildman–Crippen LogP) is 0.417. The molecule has 11 heteroatoms. The number of H-pyrrole nitrogens is 1. The van der Waals surface area contributed by atoms with Crippen LogP contribution in [-0.4, -0.2) is 74.4 Å². The van der Waals surface area contributed by atoms with Crippen molar-refractivity contribution in [1.29, 1.82) is 0 Å². The molecular weight excluding hydrogens is 440 g/mol. The molecule has 0 saturated carbocycles. The number of nitrogens with one attached hydrogen (secondary N) is 3. The highest BCUT2D eigenvalue weighted by Gasteiger charge is 2.38. The van der Waals surface area contributed by atoms with Crippen molar-refractivity contribution in [2.75, 3.05) is 6.54 Å². The number of aliphatic carboxylic acids is 1. The van der Waals surface area contributed by atoms with Gasteiger partial charge in [0.2, 0.25) is 17.7 Å². The lowest BCUT2D eigenvalue weighted by atomic mass is 10.0. The first-order valence-electron chi connectivity index (χ1n) is 11.9. The smallest absolute Gasteiger partial charge is 0.326 e. The van der Waals surface area contributed by atoms with E-state index in [9.17, 15) is 24.3 Å². The van der Waals surface area contributed by atoms with Gasteiger partial charge >= 0.3 is 5.97 Å². The number of hydrogen-bond donors (Lipinski definition) is 5. The van der Waals surface area contributed by atoms with E-state index in [1.807, 2.05) is 27.7 Å². The highest BCUT2D eigenvalue weighted by molar-refractivity contribution is 5.94. The fourth-order valence-corrected chi connectivity index (χ4v) is 4.17. The van der Waals surface area contributed by atoms with Crippen molar-refractivity contribution in [2.45, 2.75) is 84.0 Å². The molecule has 0 radical (unpaired) electrons. The zero-order valence-corrected chi connectivity index (χ0v) is 20.4. The lowest BCUT2D eigenvalue weighted by molar-refractivity contribution is -0.149. The molecule has 1 aromatic heterocycles. The van der Waals surface area contributed by atoms with Crippen LogP contribution < -0.4 is 16.4 Å². The fraction of sp³-hybridized carbons (Fsp3) is 0.696. The Bertz CT molecular complexity index is 841. The number of aromatic nitrogens is 2. The van der Waals surface area contributed by atoms with Crippen molar-refractivity contribution in [1.82, 2.24) is 25.5 Å². The maximum Gasteiger partial charge on any atom is 0.326 e. The summed E-state index contributed by atoms with van der Waals surface area (Å²) in [7, 11) is 0. The van der Waals surface area contributed by atoms with Gasteiger partial charge in [0.15, 0.2) is 0 Å². The first-order valence-corrected chi connectivity index (χ1v) is 11.9. The van der Waals surface area contributed by atoms with Crippen LogP contribution in [0.15, 0.2) is 12.5 Å². The van der Waals surface area contributed by atoms with Gasteiger partial charge in [-0.2, -0.15) is 0 Å². The zero-order chi connectivity index (χ0) is 25.4. The van der Waals surface area contributed by atoms with Crippen LogP contribution in [0.1, 0.15) is 59.1 Å². The van der Waals surface area contributed by atoms with Crippen LogP contribution in [0, 0.1) is 11.8 Å². The lowest BCUT2D eigenvalue weighted by Gasteiger charge is -2.29. The van der Waals surface area contributed by atoms with Gasteiger partial charge in [0.1, 0.15) is 18.1 Å². The van der Waals surface area contributed by atoms with Crippen molar-refractivity contribution in [3.8, 4) is 0 Å². The largest absolute Gasteiger partial charge is 0.480 e. The second-order valence-corrected chi connectivity index (χ2v) is 9.80. The molecule has 34 heavy (non-hydrogen) atoms. The van der Waals surface area contributed by atoms with Gasteiger partial charge in [-0.3, -0.25) is 14.4 Å². The second-order valence-electron chi connectivity index (χ2n) is 9.80. The number of carboxylic acids is 1. The van der Waals surface area contributed by atoms with Crippen molar-refractivity contribution >= 4 is 23.7 Å². The maximum atomic E-state index is 13.3. The van der Waals surface area contributed by atoms with E-state index in [0.29, 0.717) is 37.9 Å². The number of carbonyl (C=O) groups excluding carboxylic acids is 3. The van der Waals surface area contributed by atoms with Crippen molar-refractivity contribution in [3.05, 3.63) is 18.2 Å². The van der Waals surface area contributed by atoms with E-state index in [1.54, 1.807) is 6.20 Å². The Labute approximate surface area is 200 Å². The number of nitrogens with zero attached hydrogens (tertiary/aromatic N) is 2. The molecule has 4 atom stereocenters. The standard InChI is InChI=1S/C23H38N6O5/c1-13(2)8-16(24)20(30)27-17(10-15-11-25-12-26-15)21(31)28-18(9-14(3)4)22(32)29-7-5-6-19(29)23(33)34/h11-14,16-19H,5-10,24H2,1-4H3,(H,25,26)(H,27,30)(H,28,31)(H,33,34). The number of imidazole rings is 1. The van der Waals surface area contributed by atoms with Crippen molar-refractivity contribution in [2.24, 2.45) is 17.6 Å². The topological polar surface area (TPSA) is 171 Å². The van der Waals surface area contributed by atoms with Crippen LogP contribution in [0.5, 0.6) is 0 Å². The average molecular weight is 479 g/mol. The number of amides is 3. The zero-order valence-electron chi connectivity index (χ0n) is 20.4. The number of hydrogen-bond acceptors (Lipinski definition) is 6. The van der Waals surface area contributed by atoms with Crippen LogP contribution in [0.3, 0.4) is 0 Å². The Morgan fingerprint density at radius 1 is 1.12 bits per heavy atom. The molecule has 2 heterocycles. The van der Waals surface area contributed by atoms with Gasteiger partial charge in [0.25, 0.3) is 0 Å². The molecule has 3 amide bonds. The van der Waals surface area contributed by atoms with Gasteiger partial charge in [-0.1, -0.05) is 27.7 Å². The third-order valence-electron chi connectivity index (χ3n) is 5.82. The average Bonchev–Trinajstić information content (AvgIpc) is 3.43. The molecule has 1 aliphatic heterocycles. The van der Waals surface area contributed by atoms with E-state index in [0.717, 1.165) is 0 Å². The summed E-state index contributed by atoms with van der Waals surface area (Å²) in [5.41, 5.74) is 6.64. The third-order valence-corrected chi connectivity index (χ3v) is 5.82. The van der Waals surface area contributed by atoms with Gasteiger partial charge in [-0.25, -0.2) is 9.78 Å². The summed E-state index contributed by atoms with van der Waals surface area (Å²) in [4.78, 5) is 59.0. The molecular formula is C23H38N6O5. The second kappa shape index (κ2) is 12.5. The molecule has 6 N–H and O–H groups in total. The van der Waals surface area contributed by atoms with Gasteiger partial charge in [-0.15, -0.1) is 0 Å². The number of rotatable bonds is 12. The molecule has 1 aromatic rings. The summed E-state index contributed by atoms with van der Waals surface area (Å²) < 4.78 is 0. The summed E-state index contributed by atoms with van der Waals surface area (Å²) in [6.07, 6.45) is 4.94. The fourth-order valence-electron chi connectivity index (χ4n) is 4.17. The minimum Gasteiger partial charge on any atom is -0.480 e. The minimum absolute atomic E-state index is 0.0697. The quantitative estimate of drug-likeness (QED) is 0.290. The van der Waals surface area contributed by atoms with Gasteiger partial charge in [0, 0.05) is 24.9 Å². The normalized spacial score (nSPS) is 18.6. The van der Waals surface area contributed by atoms with E-state index in [1.165, 1.54) is 11.2 Å². The Morgan fingerprint density at radius 3 is 2.32 bits per heavy atom. The van der Waals surface area contributed by atoms with Crippen LogP contribution >= 0.6 is 0 Å². The van der Waals surface area contributed by atoms with Crippen molar-refractivity contribution in [3.63, 3.8) is 0 Å². The van der Waals surface area contributed by atoms with Crippen LogP contribution in [0.25, 0.3) is 0 Å². The third kappa shape index (κ3) is 7.82. The summed E-state index contributed by atoms with van der Waals surface area (Å²) >= 11 is 0. The molecule has 0 aliphatic carbocycles. The monoisotopic (exact) mass is 478 g/mol. The summed E-state index contributed by atoms with van der Waals surface area (Å²) in [5, 5.41) is 15.0. The summed E-state index contributed by atoms with van der Waals surface area (Å²) in [6.45, 7) is 8.07. The molecule has 1 aliphatic rings. The summed E-state index contributed by atoms with van der Waals surface area (Å²) in [5.74, 6) is -2.19. The van der Waals surface area contributed by atoms with Crippen LogP contribution in [0.2, 0.25) is 0 Å². The molecule has 0 bridgehead atoms. The predicted molar refractivity (Wildman–Crippen MR) is 125 cm³/mol. The molecule has 11 nitrogen and oxygen atoms in total. The number of likely N-dealkylation sites (tertiary alicyclic amines) is 1. The number of carboxylic acid groups (broad SMARTS) is 1. The summed E-state index contributed by atoms with van der Waals surface area (Å²) in [6, 6.07) is -3.56. The Kier molecular flexibility index (Phi) is 10.0. The number of aromatic amines is 1. The minimum atomic E-state index is -1.05. The first kappa shape index (κ1) is 27.3. The van der Waals surface area contributed by atoms with Crippen molar-refractivity contribution < 1.29 is 24.3 Å². The van der Waals surface area contributed by atoms with Gasteiger partial charge < -0.3 is 31.4 Å². The van der Waals surface area contributed by atoms with Crippen LogP contribution in [-0.2, 0) is 25.6 Å². The first-order chi connectivity index (χ1) is 16.0. The van der Waals surface area contributed by atoms with E-state index in [2.05, 4.69) is 20.6 Å². The van der Waals surface area contributed by atoms with Gasteiger partial charge in [0.05, 0.1) is 12.4 Å². The van der Waals surface area contributed by atoms with Crippen LogP contribution in [0.4, 0.5) is 0 Å². The number of nitrogens with two attached hydrogens (primary N) is 1. The Balaban J connectivity index is 2.19. The SMILES string of the molecule is CC(C)CC(N)C(=O)NC(Cc1cnc[nH]1)C(=O)NC(CC(C)C)C(=O)N1CCCC1C(=O)O. The highest BCUT2D eigenvalue weighted by atomic mass is 16.4. The maximum absolute atomic E-state index is 13.3. The van der Waals surface area contributed by atoms with E-state index in [-0.39, 0.29) is 18.3 Å².